The highest BCUT2D eigenvalue weighted by atomic mass is 16.7. The number of nitrogens with two attached hydrogens (primary N) is 1. The van der Waals surface area contributed by atoms with Crippen molar-refractivity contribution in [2.45, 2.75) is 34.1 Å². The minimum absolute atomic E-state index is 0.341. The fourth-order valence-electron chi connectivity index (χ4n) is 1.26. The Morgan fingerprint density at radius 1 is 1.55 bits per heavy atom. The highest BCUT2D eigenvalue weighted by Crippen LogP contribution is 2.25. The first-order valence-corrected chi connectivity index (χ1v) is 3.81. The van der Waals surface area contributed by atoms with Gasteiger partial charge in [-0.15, -0.1) is 0 Å². The Hall–Kier alpha value is -0.570. The molecule has 66 valence electrons. The summed E-state index contributed by atoms with van der Waals surface area (Å²) in [4.78, 5) is 15.2. The maximum absolute atomic E-state index is 11.0. The van der Waals surface area contributed by atoms with Crippen LogP contribution in [0, 0.1) is 11.3 Å². The van der Waals surface area contributed by atoms with E-state index in [2.05, 4.69) is 18.7 Å². The summed E-state index contributed by atoms with van der Waals surface area (Å²) in [6.07, 6.45) is 0.795. The molecular formula is C8H17NO2. The van der Waals surface area contributed by atoms with Gasteiger partial charge in [0.25, 0.3) is 0 Å². The van der Waals surface area contributed by atoms with E-state index in [4.69, 9.17) is 5.90 Å². The second-order valence-electron chi connectivity index (χ2n) is 3.89. The summed E-state index contributed by atoms with van der Waals surface area (Å²) in [5.41, 5.74) is -0.455. The van der Waals surface area contributed by atoms with Crippen LogP contribution in [0.3, 0.4) is 0 Å². The van der Waals surface area contributed by atoms with E-state index in [1.807, 2.05) is 13.8 Å². The molecule has 0 heterocycles. The average Bonchev–Trinajstić information content (AvgIpc) is 1.83. The molecule has 2 N–H and O–H groups in total. The van der Waals surface area contributed by atoms with Crippen molar-refractivity contribution in [1.29, 1.82) is 0 Å². The summed E-state index contributed by atoms with van der Waals surface area (Å²) in [5.74, 6) is 4.92. The molecule has 0 aliphatic heterocycles. The third kappa shape index (κ3) is 3.37. The van der Waals surface area contributed by atoms with Crippen LogP contribution in [0.25, 0.3) is 0 Å². The quantitative estimate of drug-likeness (QED) is 0.634. The average molecular weight is 159 g/mol. The van der Waals surface area contributed by atoms with Crippen LogP contribution in [0.15, 0.2) is 0 Å². The zero-order valence-corrected chi connectivity index (χ0v) is 7.68. The molecule has 0 spiro atoms. The maximum Gasteiger partial charge on any atom is 0.329 e. The molecule has 0 aliphatic carbocycles. The summed E-state index contributed by atoms with van der Waals surface area (Å²) in [6, 6.07) is 0. The number of rotatable bonds is 3. The molecule has 0 amide bonds. The Kier molecular flexibility index (Phi) is 3.52. The first kappa shape index (κ1) is 10.4. The largest absolute Gasteiger partial charge is 0.373 e. The van der Waals surface area contributed by atoms with Crippen molar-refractivity contribution in [2.75, 3.05) is 0 Å². The van der Waals surface area contributed by atoms with Crippen LogP contribution < -0.4 is 5.90 Å². The van der Waals surface area contributed by atoms with Gasteiger partial charge in [-0.1, -0.05) is 13.8 Å². The van der Waals surface area contributed by atoms with Gasteiger partial charge in [0.05, 0.1) is 5.41 Å². The summed E-state index contributed by atoms with van der Waals surface area (Å²) < 4.78 is 0. The van der Waals surface area contributed by atoms with Crippen molar-refractivity contribution in [2.24, 2.45) is 17.2 Å². The van der Waals surface area contributed by atoms with Gasteiger partial charge in [0.1, 0.15) is 0 Å². The maximum atomic E-state index is 11.0. The molecule has 0 aromatic rings. The van der Waals surface area contributed by atoms with Gasteiger partial charge in [0.15, 0.2) is 0 Å². The lowest BCUT2D eigenvalue weighted by atomic mass is 9.84. The lowest BCUT2D eigenvalue weighted by Gasteiger charge is -2.22. The van der Waals surface area contributed by atoms with E-state index in [-0.39, 0.29) is 5.97 Å². The molecular weight excluding hydrogens is 142 g/mol. The number of hydrogen-bond acceptors (Lipinski definition) is 3. The normalized spacial score (nSPS) is 11.8. The highest BCUT2D eigenvalue weighted by molar-refractivity contribution is 5.75. The molecule has 11 heavy (non-hydrogen) atoms. The van der Waals surface area contributed by atoms with Crippen molar-refractivity contribution < 1.29 is 9.63 Å². The van der Waals surface area contributed by atoms with Gasteiger partial charge >= 0.3 is 5.97 Å². The van der Waals surface area contributed by atoms with E-state index in [0.717, 1.165) is 6.42 Å². The molecule has 0 aromatic heterocycles. The van der Waals surface area contributed by atoms with Gasteiger partial charge in [-0.25, -0.2) is 4.79 Å². The fraction of sp³-hybridized carbons (Fsp3) is 0.875. The summed E-state index contributed by atoms with van der Waals surface area (Å²) in [5, 5.41) is 0. The number of carbonyl (C=O) groups excluding carboxylic acids is 1. The number of carbonyl (C=O) groups is 1. The lowest BCUT2D eigenvalue weighted by molar-refractivity contribution is -0.155. The van der Waals surface area contributed by atoms with Crippen molar-refractivity contribution >= 4 is 5.97 Å². The molecule has 0 saturated heterocycles. The van der Waals surface area contributed by atoms with E-state index in [1.54, 1.807) is 0 Å². The van der Waals surface area contributed by atoms with E-state index in [0.29, 0.717) is 5.92 Å². The first-order chi connectivity index (χ1) is 4.90. The Balaban J connectivity index is 4.09. The Labute approximate surface area is 67.9 Å². The van der Waals surface area contributed by atoms with E-state index < -0.39 is 5.41 Å². The first-order valence-electron chi connectivity index (χ1n) is 3.81. The lowest BCUT2D eigenvalue weighted by Crippen LogP contribution is -2.30. The predicted octanol–water partition coefficient (Wildman–Crippen LogP) is 1.48. The second-order valence-corrected chi connectivity index (χ2v) is 3.89. The van der Waals surface area contributed by atoms with Crippen LogP contribution in [-0.4, -0.2) is 5.97 Å². The molecule has 0 bridgehead atoms. The van der Waals surface area contributed by atoms with Crippen LogP contribution in [0.4, 0.5) is 0 Å². The van der Waals surface area contributed by atoms with Crippen LogP contribution in [0.5, 0.6) is 0 Å². The topological polar surface area (TPSA) is 52.3 Å². The number of hydrogen-bond donors (Lipinski definition) is 1. The summed E-state index contributed by atoms with van der Waals surface area (Å²) >= 11 is 0. The third-order valence-electron chi connectivity index (χ3n) is 1.58. The molecule has 0 aliphatic rings. The van der Waals surface area contributed by atoms with Crippen molar-refractivity contribution in [3.05, 3.63) is 0 Å². The van der Waals surface area contributed by atoms with Gasteiger partial charge in [-0.3, -0.25) is 0 Å². The molecule has 0 unspecified atom stereocenters. The SMILES string of the molecule is CC(C)CC(C)(C)C(=O)ON. The van der Waals surface area contributed by atoms with E-state index >= 15 is 0 Å². The van der Waals surface area contributed by atoms with E-state index in [9.17, 15) is 4.79 Å². The van der Waals surface area contributed by atoms with Gasteiger partial charge in [0, 0.05) is 0 Å². The zero-order valence-electron chi connectivity index (χ0n) is 7.68. The summed E-state index contributed by atoms with van der Waals surface area (Å²) in [7, 11) is 0. The van der Waals surface area contributed by atoms with Crippen LogP contribution >= 0.6 is 0 Å². The molecule has 0 radical (unpaired) electrons. The van der Waals surface area contributed by atoms with Crippen molar-refractivity contribution in [3.8, 4) is 0 Å². The third-order valence-corrected chi connectivity index (χ3v) is 1.58. The zero-order chi connectivity index (χ0) is 9.07. The Morgan fingerprint density at radius 2 is 2.00 bits per heavy atom. The standard InChI is InChI=1S/C8H17NO2/c1-6(2)5-8(3,4)7(10)11-9/h6H,5,9H2,1-4H3. The van der Waals surface area contributed by atoms with Crippen LogP contribution in [-0.2, 0) is 9.63 Å². The molecule has 0 fully saturated rings. The molecule has 3 nitrogen and oxygen atoms in total. The van der Waals surface area contributed by atoms with Crippen LogP contribution in [0.1, 0.15) is 34.1 Å². The van der Waals surface area contributed by atoms with E-state index in [1.165, 1.54) is 0 Å². The smallest absolute Gasteiger partial charge is 0.329 e. The van der Waals surface area contributed by atoms with Gasteiger partial charge in [0.2, 0.25) is 0 Å². The molecule has 0 aromatic carbocycles. The Morgan fingerprint density at radius 3 is 2.27 bits per heavy atom. The molecule has 3 heteroatoms. The van der Waals surface area contributed by atoms with Gasteiger partial charge < -0.3 is 4.84 Å². The van der Waals surface area contributed by atoms with Crippen molar-refractivity contribution in [1.82, 2.24) is 0 Å². The predicted molar refractivity (Wildman–Crippen MR) is 43.5 cm³/mol. The minimum Gasteiger partial charge on any atom is -0.373 e. The second kappa shape index (κ2) is 3.72. The molecule has 0 atom stereocenters. The van der Waals surface area contributed by atoms with Gasteiger partial charge in [-0.05, 0) is 26.2 Å². The monoisotopic (exact) mass is 159 g/mol. The van der Waals surface area contributed by atoms with Crippen molar-refractivity contribution in [3.63, 3.8) is 0 Å². The van der Waals surface area contributed by atoms with Gasteiger partial charge in [-0.2, -0.15) is 5.90 Å². The minimum atomic E-state index is -0.455. The molecule has 0 rings (SSSR count). The highest BCUT2D eigenvalue weighted by Gasteiger charge is 2.29. The molecule has 0 saturated carbocycles. The fourth-order valence-corrected chi connectivity index (χ4v) is 1.26. The van der Waals surface area contributed by atoms with Crippen LogP contribution in [0.2, 0.25) is 0 Å². The Bertz CT molecular complexity index is 141. The summed E-state index contributed by atoms with van der Waals surface area (Å²) in [6.45, 7) is 7.79.